The van der Waals surface area contributed by atoms with Crippen LogP contribution in [0.2, 0.25) is 5.02 Å². The predicted octanol–water partition coefficient (Wildman–Crippen LogP) is 1.96. The summed E-state index contributed by atoms with van der Waals surface area (Å²) in [6, 6.07) is 3.59. The number of sulfonamides is 1. The minimum atomic E-state index is -3.75. The molecule has 1 atom stereocenters. The first-order chi connectivity index (χ1) is 10.2. The number of benzene rings is 1. The summed E-state index contributed by atoms with van der Waals surface area (Å²) in [7, 11) is 0.0831. The minimum absolute atomic E-state index is 0.0841. The van der Waals surface area contributed by atoms with Crippen molar-refractivity contribution >= 4 is 27.3 Å². The Morgan fingerprint density at radius 2 is 2.09 bits per heavy atom. The fraction of sp³-hybridized carbons (Fsp3) is 0.538. The second-order valence-corrected chi connectivity index (χ2v) is 7.81. The summed E-state index contributed by atoms with van der Waals surface area (Å²) in [6.45, 7) is 0.822. The molecule has 0 aromatic heterocycles. The first kappa shape index (κ1) is 17.1. The molecule has 1 heterocycles. The third kappa shape index (κ3) is 3.40. The summed E-state index contributed by atoms with van der Waals surface area (Å²) in [6.07, 6.45) is 1.71. The van der Waals surface area contributed by atoms with E-state index >= 15 is 0 Å². The normalized spacial score (nSPS) is 20.3. The first-order valence-electron chi connectivity index (χ1n) is 6.84. The Bertz CT molecular complexity index is 678. The Kier molecular flexibility index (Phi) is 5.06. The van der Waals surface area contributed by atoms with Gasteiger partial charge in [0.2, 0.25) is 10.0 Å². The van der Waals surface area contributed by atoms with Crippen LogP contribution in [0.3, 0.4) is 0 Å². The highest BCUT2D eigenvalue weighted by Crippen LogP contribution is 2.30. The number of nitrogens with zero attached hydrogens (tertiary/aromatic N) is 3. The van der Waals surface area contributed by atoms with Gasteiger partial charge >= 0.3 is 0 Å². The second kappa shape index (κ2) is 6.49. The molecule has 1 aliphatic heterocycles. The van der Waals surface area contributed by atoms with Gasteiger partial charge in [-0.2, -0.15) is 4.31 Å². The average molecular weight is 348 g/mol. The molecule has 1 saturated heterocycles. The summed E-state index contributed by atoms with van der Waals surface area (Å²) in [5.74, 6) is 0. The van der Waals surface area contributed by atoms with E-state index in [9.17, 15) is 18.5 Å². The lowest BCUT2D eigenvalue weighted by molar-refractivity contribution is -0.384. The van der Waals surface area contributed by atoms with Gasteiger partial charge in [0.05, 0.1) is 9.95 Å². The lowest BCUT2D eigenvalue weighted by atomic mass is 10.1. The van der Waals surface area contributed by atoms with E-state index < -0.39 is 14.9 Å². The summed E-state index contributed by atoms with van der Waals surface area (Å²) < 4.78 is 26.8. The zero-order valence-corrected chi connectivity index (χ0v) is 14.0. The van der Waals surface area contributed by atoms with Gasteiger partial charge in [0.15, 0.2) is 0 Å². The Morgan fingerprint density at radius 3 is 2.64 bits per heavy atom. The molecular formula is C13H18ClN3O4S. The highest BCUT2D eigenvalue weighted by molar-refractivity contribution is 7.89. The Morgan fingerprint density at radius 1 is 1.41 bits per heavy atom. The van der Waals surface area contributed by atoms with Crippen LogP contribution in [0.1, 0.15) is 12.8 Å². The lowest BCUT2D eigenvalue weighted by Crippen LogP contribution is -2.47. The van der Waals surface area contributed by atoms with Crippen LogP contribution in [-0.2, 0) is 10.0 Å². The van der Waals surface area contributed by atoms with E-state index in [1.165, 1.54) is 10.4 Å². The van der Waals surface area contributed by atoms with E-state index in [2.05, 4.69) is 0 Å². The van der Waals surface area contributed by atoms with Crippen LogP contribution in [0.5, 0.6) is 0 Å². The summed E-state index contributed by atoms with van der Waals surface area (Å²) in [5.41, 5.74) is -0.228. The quantitative estimate of drug-likeness (QED) is 0.614. The summed E-state index contributed by atoms with van der Waals surface area (Å²) in [5, 5.41) is 10.6. The van der Waals surface area contributed by atoms with Crippen molar-refractivity contribution in [2.75, 3.05) is 27.2 Å². The maximum absolute atomic E-state index is 12.7. The Balaban J connectivity index is 2.32. The molecular weight excluding hydrogens is 330 g/mol. The maximum atomic E-state index is 12.7. The number of hydrogen-bond donors (Lipinski definition) is 0. The standard InChI is InChI=1S/C13H18ClN3O4S/c1-15(2)11-4-3-7-16(9-11)22(20,21)13-6-5-10(17(18)19)8-12(13)14/h5-6,8,11H,3-4,7,9H2,1-2H3. The maximum Gasteiger partial charge on any atom is 0.271 e. The molecule has 0 aliphatic carbocycles. The zero-order valence-electron chi connectivity index (χ0n) is 12.4. The van der Waals surface area contributed by atoms with Crippen molar-refractivity contribution in [2.45, 2.75) is 23.8 Å². The molecule has 122 valence electrons. The zero-order chi connectivity index (χ0) is 16.5. The predicted molar refractivity (Wildman–Crippen MR) is 83.6 cm³/mol. The fourth-order valence-corrected chi connectivity index (χ4v) is 4.54. The van der Waals surface area contributed by atoms with Gasteiger partial charge in [-0.25, -0.2) is 8.42 Å². The van der Waals surface area contributed by atoms with Crippen LogP contribution in [0.25, 0.3) is 0 Å². The van der Waals surface area contributed by atoms with Gasteiger partial charge in [0.1, 0.15) is 4.90 Å². The average Bonchev–Trinajstić information content (AvgIpc) is 2.46. The van der Waals surface area contributed by atoms with Gasteiger partial charge in [-0.15, -0.1) is 0 Å². The number of nitro groups is 1. The van der Waals surface area contributed by atoms with Crippen LogP contribution in [-0.4, -0.2) is 55.8 Å². The molecule has 0 amide bonds. The molecule has 0 saturated carbocycles. The molecule has 1 aromatic rings. The topological polar surface area (TPSA) is 83.8 Å². The van der Waals surface area contributed by atoms with Crippen LogP contribution in [0.15, 0.2) is 23.1 Å². The highest BCUT2D eigenvalue weighted by atomic mass is 35.5. The molecule has 1 aromatic carbocycles. The van der Waals surface area contributed by atoms with Gasteiger partial charge in [-0.3, -0.25) is 10.1 Å². The van der Waals surface area contributed by atoms with Crippen LogP contribution in [0, 0.1) is 10.1 Å². The first-order valence-corrected chi connectivity index (χ1v) is 8.66. The van der Waals surface area contributed by atoms with Crippen molar-refractivity contribution in [2.24, 2.45) is 0 Å². The Labute approximate surface area is 134 Å². The molecule has 0 N–H and O–H groups in total. The van der Waals surface area contributed by atoms with Crippen molar-refractivity contribution in [3.05, 3.63) is 33.3 Å². The smallest absolute Gasteiger partial charge is 0.271 e. The lowest BCUT2D eigenvalue weighted by Gasteiger charge is -2.35. The highest BCUT2D eigenvalue weighted by Gasteiger charge is 2.32. The Hall–Kier alpha value is -1.22. The number of nitro benzene ring substituents is 1. The van der Waals surface area contributed by atoms with E-state index in [1.807, 2.05) is 19.0 Å². The van der Waals surface area contributed by atoms with E-state index in [1.54, 1.807) is 0 Å². The molecule has 0 spiro atoms. The molecule has 2 rings (SSSR count). The summed E-state index contributed by atoms with van der Waals surface area (Å²) >= 11 is 5.96. The van der Waals surface area contributed by atoms with Crippen molar-refractivity contribution in [1.29, 1.82) is 0 Å². The third-order valence-corrected chi connectivity index (χ3v) is 6.18. The van der Waals surface area contributed by atoms with Gasteiger partial charge in [-0.1, -0.05) is 11.6 Å². The van der Waals surface area contributed by atoms with Crippen LogP contribution < -0.4 is 0 Å². The molecule has 1 aliphatic rings. The molecule has 9 heteroatoms. The number of rotatable bonds is 4. The molecule has 7 nitrogen and oxygen atoms in total. The van der Waals surface area contributed by atoms with Crippen molar-refractivity contribution < 1.29 is 13.3 Å². The van der Waals surface area contributed by atoms with Gasteiger partial charge < -0.3 is 4.90 Å². The molecule has 1 fully saturated rings. The van der Waals surface area contributed by atoms with Crippen molar-refractivity contribution in [1.82, 2.24) is 9.21 Å². The van der Waals surface area contributed by atoms with E-state index in [-0.39, 0.29) is 21.6 Å². The van der Waals surface area contributed by atoms with Crippen LogP contribution in [0.4, 0.5) is 5.69 Å². The number of hydrogen-bond acceptors (Lipinski definition) is 5. The SMILES string of the molecule is CN(C)C1CCCN(S(=O)(=O)c2ccc([N+](=O)[O-])cc2Cl)C1. The van der Waals surface area contributed by atoms with Gasteiger partial charge in [0.25, 0.3) is 5.69 Å². The molecule has 22 heavy (non-hydrogen) atoms. The fourth-order valence-electron chi connectivity index (χ4n) is 2.51. The number of halogens is 1. The number of piperidine rings is 1. The van der Waals surface area contributed by atoms with E-state index in [0.717, 1.165) is 25.0 Å². The number of non-ortho nitro benzene ring substituents is 1. The van der Waals surface area contributed by atoms with E-state index in [4.69, 9.17) is 11.6 Å². The molecule has 0 bridgehead atoms. The number of likely N-dealkylation sites (N-methyl/N-ethyl adjacent to an activating group) is 1. The third-order valence-electron chi connectivity index (χ3n) is 3.83. The summed E-state index contributed by atoms with van der Waals surface area (Å²) in [4.78, 5) is 12.0. The van der Waals surface area contributed by atoms with Crippen molar-refractivity contribution in [3.8, 4) is 0 Å². The minimum Gasteiger partial charge on any atom is -0.305 e. The molecule has 1 unspecified atom stereocenters. The second-order valence-electron chi connectivity index (χ2n) is 5.49. The van der Waals surface area contributed by atoms with Gasteiger partial charge in [0, 0.05) is 31.3 Å². The van der Waals surface area contributed by atoms with E-state index in [0.29, 0.717) is 13.1 Å². The largest absolute Gasteiger partial charge is 0.305 e. The molecule has 0 radical (unpaired) electrons. The van der Waals surface area contributed by atoms with Crippen molar-refractivity contribution in [3.63, 3.8) is 0 Å². The van der Waals surface area contributed by atoms with Gasteiger partial charge in [-0.05, 0) is 33.0 Å². The van der Waals surface area contributed by atoms with Crippen LogP contribution >= 0.6 is 11.6 Å². The monoisotopic (exact) mass is 347 g/mol.